The highest BCUT2D eigenvalue weighted by Crippen LogP contribution is 2.39. The topological polar surface area (TPSA) is 84.9 Å². The highest BCUT2D eigenvalue weighted by Gasteiger charge is 2.37. The molecule has 0 saturated heterocycles. The Morgan fingerprint density at radius 3 is 2.56 bits per heavy atom. The summed E-state index contributed by atoms with van der Waals surface area (Å²) in [4.78, 5) is 15.2. The summed E-state index contributed by atoms with van der Waals surface area (Å²) >= 11 is 0. The number of carbonyl (C=O) groups is 1. The zero-order valence-electron chi connectivity index (χ0n) is 21.0. The van der Waals surface area contributed by atoms with Crippen molar-refractivity contribution in [3.63, 3.8) is 0 Å². The normalized spacial score (nSPS) is 15.5. The lowest BCUT2D eigenvalue weighted by atomic mass is 9.92. The smallest absolute Gasteiger partial charge is 0.261 e. The van der Waals surface area contributed by atoms with Crippen LogP contribution in [0.2, 0.25) is 0 Å². The summed E-state index contributed by atoms with van der Waals surface area (Å²) in [5.41, 5.74) is 1.01. The summed E-state index contributed by atoms with van der Waals surface area (Å²) in [5, 5.41) is 0. The summed E-state index contributed by atoms with van der Waals surface area (Å²) < 4.78 is 40.5. The lowest BCUT2D eigenvalue weighted by Crippen LogP contribution is -2.42. The fourth-order valence-electron chi connectivity index (χ4n) is 3.69. The molecule has 186 valence electrons. The van der Waals surface area contributed by atoms with E-state index in [1.165, 1.54) is 6.07 Å². The van der Waals surface area contributed by atoms with Gasteiger partial charge in [0.2, 0.25) is 5.91 Å². The zero-order chi connectivity index (χ0) is 25.1. The molecular formula is C26H36N2O5S. The first kappa shape index (κ1) is 25.9. The third-order valence-corrected chi connectivity index (χ3v) is 7.14. The summed E-state index contributed by atoms with van der Waals surface area (Å²) in [6.45, 7) is 13.1. The minimum atomic E-state index is -3.84. The van der Waals surface area contributed by atoms with Crippen LogP contribution in [0.5, 0.6) is 11.5 Å². The molecule has 8 heteroatoms. The Morgan fingerprint density at radius 2 is 1.91 bits per heavy atom. The number of hydrogen-bond acceptors (Lipinski definition) is 5. The molecule has 34 heavy (non-hydrogen) atoms. The van der Waals surface area contributed by atoms with E-state index in [0.29, 0.717) is 41.9 Å². The highest BCUT2D eigenvalue weighted by molar-refractivity contribution is 7.92. The van der Waals surface area contributed by atoms with E-state index in [1.54, 1.807) is 35.2 Å². The number of benzene rings is 2. The Hall–Kier alpha value is -2.74. The predicted octanol–water partition coefficient (Wildman–Crippen LogP) is 5.38. The first-order chi connectivity index (χ1) is 15.9. The molecule has 0 atom stereocenters. The van der Waals surface area contributed by atoms with E-state index in [4.69, 9.17) is 9.47 Å². The van der Waals surface area contributed by atoms with Gasteiger partial charge in [-0.2, -0.15) is 0 Å². The molecule has 7 nitrogen and oxygen atoms in total. The summed E-state index contributed by atoms with van der Waals surface area (Å²) in [6, 6.07) is 9.87. The van der Waals surface area contributed by atoms with Gasteiger partial charge < -0.3 is 14.4 Å². The summed E-state index contributed by atoms with van der Waals surface area (Å²) in [6.07, 6.45) is 1.69. The number of hydrogen-bond donors (Lipinski definition) is 1. The van der Waals surface area contributed by atoms with Gasteiger partial charge in [-0.25, -0.2) is 8.42 Å². The number of aryl methyl sites for hydroxylation is 1. The van der Waals surface area contributed by atoms with Crippen LogP contribution in [0.4, 0.5) is 11.4 Å². The monoisotopic (exact) mass is 488 g/mol. The maximum atomic E-state index is 13.3. The Kier molecular flexibility index (Phi) is 7.81. The summed E-state index contributed by atoms with van der Waals surface area (Å²) in [7, 11) is -3.84. The number of fused-ring (bicyclic) bond motifs is 1. The number of rotatable bonds is 9. The van der Waals surface area contributed by atoms with Crippen molar-refractivity contribution in [2.24, 2.45) is 11.3 Å². The van der Waals surface area contributed by atoms with Crippen LogP contribution in [-0.2, 0) is 14.8 Å². The molecule has 0 spiro atoms. The SMILES string of the molecule is CCCOc1ccc(S(=O)(=O)Nc2ccc3c(c2)N(CCC(C)C)C(=O)C(C)(C)CO3)cc1C. The number of carbonyl (C=O) groups excluding carboxylic acids is 1. The van der Waals surface area contributed by atoms with Crippen molar-refractivity contribution in [1.29, 1.82) is 0 Å². The number of nitrogens with zero attached hydrogens (tertiary/aromatic N) is 1. The van der Waals surface area contributed by atoms with Gasteiger partial charge in [-0.3, -0.25) is 9.52 Å². The first-order valence-corrected chi connectivity index (χ1v) is 13.3. The van der Waals surface area contributed by atoms with Gasteiger partial charge in [0.1, 0.15) is 18.1 Å². The van der Waals surface area contributed by atoms with E-state index >= 15 is 0 Å². The number of sulfonamides is 1. The third-order valence-electron chi connectivity index (χ3n) is 5.76. The van der Waals surface area contributed by atoms with Crippen LogP contribution in [0.15, 0.2) is 41.3 Å². The molecule has 1 amide bonds. The Balaban J connectivity index is 1.92. The van der Waals surface area contributed by atoms with Crippen molar-refractivity contribution in [2.75, 3.05) is 29.4 Å². The van der Waals surface area contributed by atoms with Crippen LogP contribution in [0.25, 0.3) is 0 Å². The van der Waals surface area contributed by atoms with E-state index in [1.807, 2.05) is 27.7 Å². The molecule has 3 rings (SSSR count). The molecule has 1 heterocycles. The van der Waals surface area contributed by atoms with Crippen molar-refractivity contribution >= 4 is 27.3 Å². The molecule has 0 bridgehead atoms. The Labute approximate surface area is 203 Å². The quantitative estimate of drug-likeness (QED) is 0.512. The molecule has 1 aliphatic heterocycles. The molecule has 0 aromatic heterocycles. The molecule has 0 aliphatic carbocycles. The second kappa shape index (κ2) is 10.3. The Morgan fingerprint density at radius 1 is 1.18 bits per heavy atom. The van der Waals surface area contributed by atoms with Crippen molar-refractivity contribution in [3.05, 3.63) is 42.0 Å². The van der Waals surface area contributed by atoms with Crippen LogP contribution in [0, 0.1) is 18.3 Å². The van der Waals surface area contributed by atoms with Gasteiger partial charge in [-0.1, -0.05) is 20.8 Å². The van der Waals surface area contributed by atoms with Crippen molar-refractivity contribution in [3.8, 4) is 11.5 Å². The van der Waals surface area contributed by atoms with Crippen molar-refractivity contribution < 1.29 is 22.7 Å². The van der Waals surface area contributed by atoms with Crippen molar-refractivity contribution in [2.45, 2.75) is 59.3 Å². The largest absolute Gasteiger partial charge is 0.493 e. The molecular weight excluding hydrogens is 452 g/mol. The minimum absolute atomic E-state index is 0.0369. The average molecular weight is 489 g/mol. The standard InChI is InChI=1S/C26H36N2O5S/c1-7-14-32-23-11-9-21(15-19(23)4)34(30,31)27-20-8-10-24-22(16-20)28(13-12-18(2)3)25(29)26(5,6)17-33-24/h8-11,15-16,18,27H,7,12-14,17H2,1-6H3. The molecule has 1 aliphatic rings. The molecule has 0 saturated carbocycles. The second-order valence-electron chi connectivity index (χ2n) is 9.88. The van der Waals surface area contributed by atoms with E-state index < -0.39 is 15.4 Å². The maximum Gasteiger partial charge on any atom is 0.261 e. The fraction of sp³-hybridized carbons (Fsp3) is 0.500. The average Bonchev–Trinajstić information content (AvgIpc) is 2.85. The fourth-order valence-corrected chi connectivity index (χ4v) is 4.83. The number of ether oxygens (including phenoxy) is 2. The molecule has 2 aromatic carbocycles. The van der Waals surface area contributed by atoms with Gasteiger partial charge in [-0.05, 0) is 81.5 Å². The molecule has 1 N–H and O–H groups in total. The Bertz CT molecular complexity index is 1140. The molecule has 2 aromatic rings. The zero-order valence-corrected chi connectivity index (χ0v) is 21.8. The third kappa shape index (κ3) is 5.84. The highest BCUT2D eigenvalue weighted by atomic mass is 32.2. The lowest BCUT2D eigenvalue weighted by molar-refractivity contribution is -0.127. The predicted molar refractivity (Wildman–Crippen MR) is 135 cm³/mol. The van der Waals surface area contributed by atoms with E-state index in [0.717, 1.165) is 18.4 Å². The molecule has 0 unspecified atom stereocenters. The minimum Gasteiger partial charge on any atom is -0.493 e. The van der Waals surface area contributed by atoms with Gasteiger partial charge in [0.05, 0.1) is 28.3 Å². The first-order valence-electron chi connectivity index (χ1n) is 11.8. The second-order valence-corrected chi connectivity index (χ2v) is 11.6. The molecule has 0 radical (unpaired) electrons. The number of amides is 1. The number of anilines is 2. The van der Waals surface area contributed by atoms with Crippen molar-refractivity contribution in [1.82, 2.24) is 0 Å². The maximum absolute atomic E-state index is 13.3. The van der Waals surface area contributed by atoms with E-state index in [-0.39, 0.29) is 17.4 Å². The van der Waals surface area contributed by atoms with Gasteiger partial charge in [-0.15, -0.1) is 0 Å². The van der Waals surface area contributed by atoms with Gasteiger partial charge in [0.15, 0.2) is 0 Å². The van der Waals surface area contributed by atoms with E-state index in [2.05, 4.69) is 18.6 Å². The van der Waals surface area contributed by atoms with Crippen LogP contribution >= 0.6 is 0 Å². The van der Waals surface area contributed by atoms with Crippen LogP contribution in [-0.4, -0.2) is 34.1 Å². The van der Waals surface area contributed by atoms with Crippen LogP contribution in [0.1, 0.15) is 53.0 Å². The number of nitrogens with one attached hydrogen (secondary N) is 1. The van der Waals surface area contributed by atoms with Crippen LogP contribution in [0.3, 0.4) is 0 Å². The van der Waals surface area contributed by atoms with Gasteiger partial charge in [0, 0.05) is 6.54 Å². The molecule has 0 fully saturated rings. The summed E-state index contributed by atoms with van der Waals surface area (Å²) in [5.74, 6) is 1.62. The van der Waals surface area contributed by atoms with Gasteiger partial charge >= 0.3 is 0 Å². The lowest BCUT2D eigenvalue weighted by Gasteiger charge is -2.28. The van der Waals surface area contributed by atoms with Crippen LogP contribution < -0.4 is 19.1 Å². The van der Waals surface area contributed by atoms with Gasteiger partial charge in [0.25, 0.3) is 10.0 Å². The van der Waals surface area contributed by atoms with E-state index in [9.17, 15) is 13.2 Å².